The second kappa shape index (κ2) is 9.06. The van der Waals surface area contributed by atoms with Crippen molar-refractivity contribution in [2.45, 2.75) is 12.8 Å². The number of methoxy groups -OCH3 is 2. The molecule has 6 nitrogen and oxygen atoms in total. The van der Waals surface area contributed by atoms with Crippen LogP contribution in [0, 0.1) is 0 Å². The van der Waals surface area contributed by atoms with Gasteiger partial charge in [-0.05, 0) is 46.7 Å². The number of ether oxygens (including phenoxy) is 3. The lowest BCUT2D eigenvalue weighted by molar-refractivity contribution is -0.169. The van der Waals surface area contributed by atoms with Crippen molar-refractivity contribution in [3.05, 3.63) is 72.3 Å². The molecule has 4 aromatic carbocycles. The first-order valence-corrected chi connectivity index (χ1v) is 11.4. The molecule has 34 heavy (non-hydrogen) atoms. The number of nitrogens with one attached hydrogen (secondary N) is 1. The van der Waals surface area contributed by atoms with Crippen molar-refractivity contribution in [3.8, 4) is 22.6 Å². The van der Waals surface area contributed by atoms with E-state index in [1.165, 1.54) is 0 Å². The summed E-state index contributed by atoms with van der Waals surface area (Å²) in [6.07, 6.45) is 0. The maximum Gasteiger partial charge on any atom is 0.271 e. The van der Waals surface area contributed by atoms with Gasteiger partial charge in [-0.3, -0.25) is 10.3 Å². The second-order valence-electron chi connectivity index (χ2n) is 8.18. The zero-order valence-corrected chi connectivity index (χ0v) is 19.6. The van der Waals surface area contributed by atoms with Gasteiger partial charge in [0.2, 0.25) is 0 Å². The number of aliphatic hydroxyl groups is 1. The van der Waals surface area contributed by atoms with E-state index < -0.39 is 5.91 Å². The Morgan fingerprint density at radius 2 is 1.56 bits per heavy atom. The molecule has 0 saturated heterocycles. The molecule has 0 fully saturated rings. The lowest BCUT2D eigenvalue weighted by Crippen LogP contribution is -2.57. The van der Waals surface area contributed by atoms with Crippen molar-refractivity contribution in [3.63, 3.8) is 0 Å². The number of aliphatic imine (C=N–C) groups is 1. The minimum Gasteiger partial charge on any atom is -0.496 e. The van der Waals surface area contributed by atoms with Gasteiger partial charge in [0, 0.05) is 29.8 Å². The van der Waals surface area contributed by atoms with Crippen LogP contribution in [0.3, 0.4) is 0 Å². The molecule has 5 rings (SSSR count). The number of nitrogens with zero attached hydrogens (tertiary/aromatic N) is 1. The second-order valence-corrected chi connectivity index (χ2v) is 8.18. The highest BCUT2D eigenvalue weighted by Crippen LogP contribution is 2.45. The first kappa shape index (κ1) is 22.3. The van der Waals surface area contributed by atoms with Crippen LogP contribution in [0.25, 0.3) is 32.7 Å². The number of hydrogen-bond acceptors (Lipinski definition) is 6. The summed E-state index contributed by atoms with van der Waals surface area (Å²) < 4.78 is 17.2. The van der Waals surface area contributed by atoms with Crippen LogP contribution in [0.5, 0.6) is 11.5 Å². The van der Waals surface area contributed by atoms with Crippen molar-refractivity contribution in [2.24, 2.45) is 4.99 Å². The molecule has 0 aliphatic carbocycles. The summed E-state index contributed by atoms with van der Waals surface area (Å²) in [4.78, 5) is 4.60. The number of fused-ring (bicyclic) bond motifs is 2. The first-order chi connectivity index (χ1) is 16.6. The Morgan fingerprint density at radius 1 is 0.882 bits per heavy atom. The highest BCUT2D eigenvalue weighted by atomic mass is 16.6. The first-order valence-electron chi connectivity index (χ1n) is 11.4. The van der Waals surface area contributed by atoms with Crippen LogP contribution in [-0.2, 0) is 4.74 Å². The van der Waals surface area contributed by atoms with E-state index >= 15 is 0 Å². The molecule has 0 saturated carbocycles. The van der Waals surface area contributed by atoms with Crippen LogP contribution in [0.1, 0.15) is 12.5 Å². The lowest BCUT2D eigenvalue weighted by atomic mass is 9.91. The number of benzene rings is 4. The summed E-state index contributed by atoms with van der Waals surface area (Å²) >= 11 is 0. The standard InChI is InChI=1S/C28H28N2O4/c1-4-34-28(31)27(29-15-16-30-28)20-9-12-22-19(17-20)11-14-24(33-3)26(22)25-21-8-6-5-7-18(21)10-13-23(25)32-2/h5-14,17,30-31H,4,15-16H2,1-3H3. The zero-order valence-electron chi connectivity index (χ0n) is 19.6. The Bertz CT molecular complexity index is 1400. The van der Waals surface area contributed by atoms with Crippen molar-refractivity contribution < 1.29 is 19.3 Å². The third-order valence-electron chi connectivity index (χ3n) is 6.26. The highest BCUT2D eigenvalue weighted by molar-refractivity contribution is 6.12. The summed E-state index contributed by atoms with van der Waals surface area (Å²) in [5.74, 6) is -0.0630. The summed E-state index contributed by atoms with van der Waals surface area (Å²) in [7, 11) is 3.37. The van der Waals surface area contributed by atoms with Gasteiger partial charge in [0.05, 0.1) is 20.8 Å². The molecule has 0 amide bonds. The molecular weight excluding hydrogens is 428 g/mol. The normalized spacial score (nSPS) is 18.2. The molecule has 0 aromatic heterocycles. The molecule has 1 atom stereocenters. The van der Waals surface area contributed by atoms with Gasteiger partial charge in [0.15, 0.2) is 0 Å². The fourth-order valence-electron chi connectivity index (χ4n) is 4.76. The quantitative estimate of drug-likeness (QED) is 0.410. The maximum absolute atomic E-state index is 11.1. The Labute approximate surface area is 198 Å². The molecule has 1 aliphatic heterocycles. The van der Waals surface area contributed by atoms with Gasteiger partial charge in [0.25, 0.3) is 5.91 Å². The summed E-state index contributed by atoms with van der Waals surface area (Å²) in [6.45, 7) is 3.33. The van der Waals surface area contributed by atoms with Gasteiger partial charge in [0.1, 0.15) is 17.2 Å². The predicted molar refractivity (Wildman–Crippen MR) is 136 cm³/mol. The number of hydrogen-bond donors (Lipinski definition) is 2. The molecular formula is C28H28N2O4. The molecule has 6 heteroatoms. The SMILES string of the molecule is CCOC1(O)NCCN=C1c1ccc2c(-c3c(OC)ccc4ccccc34)c(OC)ccc2c1. The van der Waals surface area contributed by atoms with Gasteiger partial charge >= 0.3 is 0 Å². The van der Waals surface area contributed by atoms with E-state index in [4.69, 9.17) is 14.2 Å². The fraction of sp³-hybridized carbons (Fsp3) is 0.250. The van der Waals surface area contributed by atoms with E-state index in [1.54, 1.807) is 14.2 Å². The third-order valence-corrected chi connectivity index (χ3v) is 6.26. The average molecular weight is 457 g/mol. The predicted octanol–water partition coefficient (Wildman–Crippen LogP) is 4.75. The van der Waals surface area contributed by atoms with E-state index in [0.29, 0.717) is 25.4 Å². The Morgan fingerprint density at radius 3 is 2.26 bits per heavy atom. The van der Waals surface area contributed by atoms with E-state index in [0.717, 1.165) is 49.7 Å². The molecule has 0 spiro atoms. The molecule has 4 aromatic rings. The average Bonchev–Trinajstić information content (AvgIpc) is 2.87. The van der Waals surface area contributed by atoms with Gasteiger partial charge in [-0.15, -0.1) is 0 Å². The minimum absolute atomic E-state index is 0.359. The lowest BCUT2D eigenvalue weighted by Gasteiger charge is -2.33. The van der Waals surface area contributed by atoms with E-state index in [-0.39, 0.29) is 0 Å². The van der Waals surface area contributed by atoms with Crippen LogP contribution < -0.4 is 14.8 Å². The third kappa shape index (κ3) is 3.70. The topological polar surface area (TPSA) is 72.3 Å². The molecule has 174 valence electrons. The molecule has 2 N–H and O–H groups in total. The Hall–Kier alpha value is -3.45. The fourth-order valence-corrected chi connectivity index (χ4v) is 4.76. The van der Waals surface area contributed by atoms with E-state index in [2.05, 4.69) is 28.5 Å². The van der Waals surface area contributed by atoms with Crippen molar-refractivity contribution in [1.82, 2.24) is 5.32 Å². The largest absolute Gasteiger partial charge is 0.496 e. The summed E-state index contributed by atoms with van der Waals surface area (Å²) in [6, 6.07) is 22.4. The Balaban J connectivity index is 1.75. The number of rotatable bonds is 6. The monoisotopic (exact) mass is 456 g/mol. The maximum atomic E-state index is 11.1. The van der Waals surface area contributed by atoms with Gasteiger partial charge in [-0.2, -0.15) is 0 Å². The minimum atomic E-state index is -1.60. The summed E-state index contributed by atoms with van der Waals surface area (Å²) in [5, 5.41) is 18.3. The van der Waals surface area contributed by atoms with Gasteiger partial charge in [-0.1, -0.05) is 48.5 Å². The molecule has 1 aliphatic rings. The van der Waals surface area contributed by atoms with Crippen molar-refractivity contribution in [2.75, 3.05) is 33.9 Å². The molecule has 1 unspecified atom stereocenters. The molecule has 0 bridgehead atoms. The van der Waals surface area contributed by atoms with E-state index in [1.807, 2.05) is 55.5 Å². The highest BCUT2D eigenvalue weighted by Gasteiger charge is 2.37. The smallest absolute Gasteiger partial charge is 0.271 e. The Kier molecular flexibility index (Phi) is 5.96. The van der Waals surface area contributed by atoms with Gasteiger partial charge < -0.3 is 19.3 Å². The van der Waals surface area contributed by atoms with E-state index in [9.17, 15) is 5.11 Å². The van der Waals surface area contributed by atoms with Crippen LogP contribution in [-0.4, -0.2) is 50.6 Å². The van der Waals surface area contributed by atoms with Crippen LogP contribution in [0.15, 0.2) is 71.7 Å². The van der Waals surface area contributed by atoms with Crippen molar-refractivity contribution >= 4 is 27.3 Å². The van der Waals surface area contributed by atoms with Crippen LogP contribution in [0.2, 0.25) is 0 Å². The van der Waals surface area contributed by atoms with Crippen molar-refractivity contribution in [1.29, 1.82) is 0 Å². The van der Waals surface area contributed by atoms with Gasteiger partial charge in [-0.25, -0.2) is 0 Å². The zero-order chi connectivity index (χ0) is 23.7. The van der Waals surface area contributed by atoms with Crippen LogP contribution in [0.4, 0.5) is 0 Å². The van der Waals surface area contributed by atoms with Crippen LogP contribution >= 0.6 is 0 Å². The molecule has 0 radical (unpaired) electrons. The molecule has 1 heterocycles. The summed E-state index contributed by atoms with van der Waals surface area (Å²) in [5.41, 5.74) is 3.24.